The molecule has 0 bridgehead atoms. The van der Waals surface area contributed by atoms with Crippen molar-refractivity contribution < 1.29 is 9.90 Å². The third-order valence-corrected chi connectivity index (χ3v) is 3.02. The Labute approximate surface area is 81.3 Å². The Kier molecular flexibility index (Phi) is 1.50. The van der Waals surface area contributed by atoms with Crippen LogP contribution >= 0.6 is 0 Å². The number of aromatic nitrogens is 1. The summed E-state index contributed by atoms with van der Waals surface area (Å²) in [4.78, 5) is 14.4. The molecule has 1 fully saturated rings. The molecule has 3 rings (SSSR count). The highest BCUT2D eigenvalue weighted by Gasteiger charge is 2.34. The summed E-state index contributed by atoms with van der Waals surface area (Å²) in [6.45, 7) is 1.47. The molecule has 0 atom stereocenters. The highest BCUT2D eigenvalue weighted by atomic mass is 16.4. The number of nitrogens with one attached hydrogen (secondary N) is 2. The second-order valence-electron chi connectivity index (χ2n) is 4.05. The summed E-state index contributed by atoms with van der Waals surface area (Å²) >= 11 is 0. The summed E-state index contributed by atoms with van der Waals surface area (Å²) in [6.07, 6.45) is 2.26. The van der Waals surface area contributed by atoms with Gasteiger partial charge in [-0.15, -0.1) is 0 Å². The van der Waals surface area contributed by atoms with Crippen molar-refractivity contribution in [3.8, 4) is 0 Å². The first-order valence-electron chi connectivity index (χ1n) is 4.95. The highest BCUT2D eigenvalue weighted by molar-refractivity contribution is 5.92. The number of hydrogen-bond donors (Lipinski definition) is 3. The van der Waals surface area contributed by atoms with E-state index in [1.54, 1.807) is 0 Å². The van der Waals surface area contributed by atoms with Gasteiger partial charge in [-0.3, -0.25) is 0 Å². The molecular weight excluding hydrogens is 180 g/mol. The normalized spacial score (nSPS) is 19.7. The lowest BCUT2D eigenvalue weighted by Gasteiger charge is -1.99. The van der Waals surface area contributed by atoms with Crippen LogP contribution in [0.5, 0.6) is 0 Å². The van der Waals surface area contributed by atoms with Crippen LogP contribution in [0, 0.1) is 0 Å². The zero-order valence-electron chi connectivity index (χ0n) is 7.76. The molecule has 74 valence electrons. The van der Waals surface area contributed by atoms with E-state index in [9.17, 15) is 4.79 Å². The predicted octanol–water partition coefficient (Wildman–Crippen LogP) is 1.19. The summed E-state index contributed by atoms with van der Waals surface area (Å²) < 4.78 is 0. The van der Waals surface area contributed by atoms with Gasteiger partial charge in [-0.25, -0.2) is 4.79 Å². The molecule has 2 heterocycles. The summed E-state index contributed by atoms with van der Waals surface area (Å²) in [5.74, 6) is -0.306. The molecule has 0 unspecified atom stereocenters. The van der Waals surface area contributed by atoms with Crippen LogP contribution in [0.1, 0.15) is 46.1 Å². The van der Waals surface area contributed by atoms with Gasteiger partial charge < -0.3 is 15.4 Å². The molecule has 0 amide bonds. The van der Waals surface area contributed by atoms with Gasteiger partial charge >= 0.3 is 5.97 Å². The van der Waals surface area contributed by atoms with Gasteiger partial charge in [0.25, 0.3) is 0 Å². The van der Waals surface area contributed by atoms with Crippen LogP contribution in [0.2, 0.25) is 0 Å². The molecule has 14 heavy (non-hydrogen) atoms. The van der Waals surface area contributed by atoms with Gasteiger partial charge in [0.05, 0.1) is 5.56 Å². The zero-order valence-corrected chi connectivity index (χ0v) is 7.76. The highest BCUT2D eigenvalue weighted by Crippen LogP contribution is 2.43. The van der Waals surface area contributed by atoms with Crippen molar-refractivity contribution in [2.75, 3.05) is 0 Å². The Morgan fingerprint density at radius 1 is 1.36 bits per heavy atom. The second-order valence-corrected chi connectivity index (χ2v) is 4.05. The van der Waals surface area contributed by atoms with Gasteiger partial charge in [0.1, 0.15) is 0 Å². The molecule has 1 aromatic heterocycles. The quantitative estimate of drug-likeness (QED) is 0.659. The number of fused-ring (bicyclic) bond motifs is 1. The lowest BCUT2D eigenvalue weighted by molar-refractivity contribution is 0.0694. The minimum Gasteiger partial charge on any atom is -0.478 e. The van der Waals surface area contributed by atoms with Crippen molar-refractivity contribution in [3.05, 3.63) is 22.5 Å². The smallest absolute Gasteiger partial charge is 0.337 e. The maximum Gasteiger partial charge on any atom is 0.337 e. The molecule has 0 aromatic carbocycles. The largest absolute Gasteiger partial charge is 0.478 e. The Morgan fingerprint density at radius 3 is 2.79 bits per heavy atom. The van der Waals surface area contributed by atoms with Gasteiger partial charge in [-0.1, -0.05) is 0 Å². The van der Waals surface area contributed by atoms with E-state index >= 15 is 0 Å². The van der Waals surface area contributed by atoms with Gasteiger partial charge in [-0.05, 0) is 18.8 Å². The number of aromatic carboxylic acids is 1. The molecule has 1 aromatic rings. The molecular formula is C10H12N2O2. The number of rotatable bonds is 2. The van der Waals surface area contributed by atoms with Crippen LogP contribution in [0.4, 0.5) is 0 Å². The van der Waals surface area contributed by atoms with E-state index in [4.69, 9.17) is 5.11 Å². The summed E-state index contributed by atoms with van der Waals surface area (Å²) in [6, 6.07) is 0. The molecule has 3 N–H and O–H groups in total. The Balaban J connectivity index is 2.15. The molecule has 1 aliphatic carbocycles. The van der Waals surface area contributed by atoms with Crippen molar-refractivity contribution in [1.82, 2.24) is 10.3 Å². The first kappa shape index (κ1) is 8.05. The third kappa shape index (κ3) is 1.00. The fourth-order valence-corrected chi connectivity index (χ4v) is 2.19. The minimum atomic E-state index is -0.784. The zero-order chi connectivity index (χ0) is 9.71. The molecule has 0 spiro atoms. The van der Waals surface area contributed by atoms with Gasteiger partial charge in [0.15, 0.2) is 0 Å². The average molecular weight is 192 g/mol. The lowest BCUT2D eigenvalue weighted by atomic mass is 10.1. The number of aromatic amines is 1. The molecule has 0 saturated heterocycles. The van der Waals surface area contributed by atoms with Gasteiger partial charge in [-0.2, -0.15) is 0 Å². The van der Waals surface area contributed by atoms with E-state index in [0.29, 0.717) is 18.0 Å². The average Bonchev–Trinajstić information content (AvgIpc) is 2.75. The minimum absolute atomic E-state index is 0.478. The molecule has 4 heteroatoms. The van der Waals surface area contributed by atoms with E-state index in [0.717, 1.165) is 36.3 Å². The van der Waals surface area contributed by atoms with Crippen molar-refractivity contribution >= 4 is 5.97 Å². The third-order valence-electron chi connectivity index (χ3n) is 3.02. The number of carboxylic acids is 1. The molecule has 1 aliphatic heterocycles. The van der Waals surface area contributed by atoms with E-state index in [1.165, 1.54) is 0 Å². The van der Waals surface area contributed by atoms with Crippen LogP contribution in [-0.4, -0.2) is 16.1 Å². The lowest BCUT2D eigenvalue weighted by Crippen LogP contribution is -2.07. The summed E-state index contributed by atoms with van der Waals surface area (Å²) in [5.41, 5.74) is 3.54. The van der Waals surface area contributed by atoms with E-state index in [-0.39, 0.29) is 0 Å². The molecule has 2 aliphatic rings. The van der Waals surface area contributed by atoms with Crippen molar-refractivity contribution in [1.29, 1.82) is 0 Å². The topological polar surface area (TPSA) is 65.1 Å². The van der Waals surface area contributed by atoms with Crippen molar-refractivity contribution in [2.45, 2.75) is 31.8 Å². The number of H-pyrrole nitrogens is 1. The van der Waals surface area contributed by atoms with Crippen LogP contribution in [-0.2, 0) is 13.1 Å². The van der Waals surface area contributed by atoms with E-state index in [2.05, 4.69) is 10.3 Å². The van der Waals surface area contributed by atoms with E-state index in [1.807, 2.05) is 0 Å². The number of hydrogen-bond acceptors (Lipinski definition) is 2. The maximum atomic E-state index is 11.1. The number of carbonyl (C=O) groups is 1. The molecule has 0 radical (unpaired) electrons. The monoisotopic (exact) mass is 192 g/mol. The van der Waals surface area contributed by atoms with Crippen LogP contribution in [0.15, 0.2) is 0 Å². The van der Waals surface area contributed by atoms with Gasteiger partial charge in [0.2, 0.25) is 0 Å². The molecule has 1 saturated carbocycles. The van der Waals surface area contributed by atoms with E-state index < -0.39 is 5.97 Å². The Morgan fingerprint density at radius 2 is 2.14 bits per heavy atom. The molecule has 4 nitrogen and oxygen atoms in total. The first-order valence-corrected chi connectivity index (χ1v) is 4.95. The summed E-state index contributed by atoms with van der Waals surface area (Å²) in [5, 5.41) is 12.3. The maximum absolute atomic E-state index is 11.1. The first-order chi connectivity index (χ1) is 6.77. The fraction of sp³-hybridized carbons (Fsp3) is 0.500. The second kappa shape index (κ2) is 2.60. The van der Waals surface area contributed by atoms with Crippen LogP contribution < -0.4 is 5.32 Å². The van der Waals surface area contributed by atoms with Crippen molar-refractivity contribution in [2.24, 2.45) is 0 Å². The van der Waals surface area contributed by atoms with Crippen LogP contribution in [0.25, 0.3) is 0 Å². The fourth-order valence-electron chi connectivity index (χ4n) is 2.19. The SMILES string of the molecule is O=C(O)c1c(C2CC2)[nH]c2c1CNC2. The van der Waals surface area contributed by atoms with Crippen LogP contribution in [0.3, 0.4) is 0 Å². The predicted molar refractivity (Wildman–Crippen MR) is 50.3 cm³/mol. The standard InChI is InChI=1S/C10H12N2O2/c13-10(14)8-6-3-11-4-7(6)12-9(8)5-1-2-5/h5,11-12H,1-4H2,(H,13,14). The van der Waals surface area contributed by atoms with Gasteiger partial charge in [0, 0.05) is 30.0 Å². The Bertz CT molecular complexity index is 404. The summed E-state index contributed by atoms with van der Waals surface area (Å²) in [7, 11) is 0. The Hall–Kier alpha value is -1.29. The number of carboxylic acid groups (broad SMARTS) is 1. The van der Waals surface area contributed by atoms with Crippen molar-refractivity contribution in [3.63, 3.8) is 0 Å².